The normalized spacial score (nSPS) is 9.73. The Morgan fingerprint density at radius 2 is 1.55 bits per heavy atom. The molecule has 0 aromatic heterocycles. The second kappa shape index (κ2) is 3.72. The zero-order valence-corrected chi connectivity index (χ0v) is 8.36. The van der Waals surface area contributed by atoms with E-state index in [1.807, 2.05) is 0 Å². The van der Waals surface area contributed by atoms with Crippen LogP contribution in [0.3, 0.4) is 0 Å². The van der Waals surface area contributed by atoms with E-state index in [0.29, 0.717) is 20.6 Å². The lowest BCUT2D eigenvalue weighted by molar-refractivity contribution is 1.68. The fraction of sp³-hybridized carbons (Fsp3) is 0. The first-order valence-corrected chi connectivity index (χ1v) is 4.35. The van der Waals surface area contributed by atoms with Gasteiger partial charge < -0.3 is 0 Å². The van der Waals surface area contributed by atoms with Crippen molar-refractivity contribution in [2.24, 2.45) is 0 Å². The summed E-state index contributed by atoms with van der Waals surface area (Å²) in [4.78, 5) is 0. The molecule has 0 unspecified atom stereocenters. The highest BCUT2D eigenvalue weighted by molar-refractivity contribution is 7.79. The molecule has 58 valence electrons. The summed E-state index contributed by atoms with van der Waals surface area (Å²) in [6.07, 6.45) is 0. The summed E-state index contributed by atoms with van der Waals surface area (Å²) in [6, 6.07) is 3.21. The minimum atomic E-state index is 0.484. The third kappa shape index (κ3) is 2.06. The van der Waals surface area contributed by atoms with Crippen molar-refractivity contribution in [1.29, 1.82) is 0 Å². The van der Waals surface area contributed by atoms with Crippen molar-refractivity contribution >= 4 is 52.4 Å². The number of halogens is 3. The van der Waals surface area contributed by atoms with Gasteiger partial charge in [-0.1, -0.05) is 47.0 Å². The number of thiocarbonyl (C=S) groups is 1. The number of rotatable bonds is 1. The van der Waals surface area contributed by atoms with Crippen LogP contribution in [0.15, 0.2) is 12.1 Å². The van der Waals surface area contributed by atoms with E-state index >= 15 is 0 Å². The van der Waals surface area contributed by atoms with Crippen LogP contribution in [0.2, 0.25) is 15.1 Å². The zero-order valence-electron chi connectivity index (χ0n) is 5.27. The van der Waals surface area contributed by atoms with Crippen molar-refractivity contribution in [3.05, 3.63) is 32.8 Å². The maximum absolute atomic E-state index is 5.77. The van der Waals surface area contributed by atoms with E-state index in [2.05, 4.69) is 0 Å². The molecule has 0 spiro atoms. The molecule has 0 nitrogen and oxygen atoms in total. The molecule has 1 aromatic carbocycles. The third-order valence-corrected chi connectivity index (χ3v) is 2.24. The predicted octanol–water partition coefficient (Wildman–Crippen LogP) is 3.99. The average molecular weight is 226 g/mol. The number of benzene rings is 1. The van der Waals surface area contributed by atoms with Crippen molar-refractivity contribution in [2.75, 3.05) is 0 Å². The van der Waals surface area contributed by atoms with Gasteiger partial charge in [-0.15, -0.1) is 0 Å². The molecule has 0 saturated heterocycles. The highest BCUT2D eigenvalue weighted by atomic mass is 35.5. The van der Waals surface area contributed by atoms with E-state index in [9.17, 15) is 0 Å². The van der Waals surface area contributed by atoms with Gasteiger partial charge in [0.2, 0.25) is 0 Å². The molecule has 0 fully saturated rings. The maximum Gasteiger partial charge on any atom is 0.0516 e. The molecule has 0 amide bonds. The summed E-state index contributed by atoms with van der Waals surface area (Å²) in [5, 5.41) is 2.91. The number of hydrogen-bond donors (Lipinski definition) is 0. The van der Waals surface area contributed by atoms with Crippen LogP contribution in [0.25, 0.3) is 0 Å². The van der Waals surface area contributed by atoms with Crippen molar-refractivity contribution < 1.29 is 0 Å². The van der Waals surface area contributed by atoms with E-state index in [1.165, 1.54) is 5.37 Å². The first-order chi connectivity index (χ1) is 5.15. The van der Waals surface area contributed by atoms with Crippen LogP contribution in [0.4, 0.5) is 0 Å². The summed E-state index contributed by atoms with van der Waals surface area (Å²) in [6.45, 7) is 0. The average Bonchev–Trinajstić information content (AvgIpc) is 1.85. The molecule has 0 heterocycles. The lowest BCUT2D eigenvalue weighted by atomic mass is 10.2. The SMILES string of the molecule is S=Cc1c(Cl)cc(Cl)cc1Cl. The molecule has 0 aliphatic heterocycles. The Kier molecular flexibility index (Phi) is 3.14. The van der Waals surface area contributed by atoms with Crippen molar-refractivity contribution in [3.63, 3.8) is 0 Å². The summed E-state index contributed by atoms with van der Waals surface area (Å²) >= 11 is 21.9. The van der Waals surface area contributed by atoms with Crippen LogP contribution in [0, 0.1) is 0 Å². The molecule has 4 heteroatoms. The molecule has 0 saturated carbocycles. The molecule has 0 aliphatic carbocycles. The number of hydrogen-bond acceptors (Lipinski definition) is 1. The van der Waals surface area contributed by atoms with Crippen LogP contribution in [0.5, 0.6) is 0 Å². The van der Waals surface area contributed by atoms with Gasteiger partial charge in [-0.3, -0.25) is 0 Å². The van der Waals surface area contributed by atoms with E-state index in [0.717, 1.165) is 0 Å². The van der Waals surface area contributed by atoms with Crippen LogP contribution in [0.1, 0.15) is 5.56 Å². The second-order valence-electron chi connectivity index (χ2n) is 1.90. The first-order valence-electron chi connectivity index (χ1n) is 2.75. The fourth-order valence-corrected chi connectivity index (χ4v) is 1.98. The fourth-order valence-electron chi connectivity index (χ4n) is 0.666. The van der Waals surface area contributed by atoms with Crippen molar-refractivity contribution in [2.45, 2.75) is 0 Å². The Morgan fingerprint density at radius 3 is 1.91 bits per heavy atom. The molecular weight excluding hydrogens is 223 g/mol. The Hall–Kier alpha value is 0.180. The highest BCUT2D eigenvalue weighted by Gasteiger charge is 2.03. The van der Waals surface area contributed by atoms with E-state index in [1.54, 1.807) is 12.1 Å². The van der Waals surface area contributed by atoms with E-state index < -0.39 is 0 Å². The summed E-state index contributed by atoms with van der Waals surface area (Å²) < 4.78 is 0. The minimum Gasteiger partial charge on any atom is -0.0880 e. The molecule has 0 bridgehead atoms. The lowest BCUT2D eigenvalue weighted by Crippen LogP contribution is -1.82. The molecule has 0 aliphatic rings. The lowest BCUT2D eigenvalue weighted by Gasteiger charge is -2.00. The van der Waals surface area contributed by atoms with E-state index in [-0.39, 0.29) is 0 Å². The van der Waals surface area contributed by atoms with Gasteiger partial charge in [-0.05, 0) is 12.1 Å². The quantitative estimate of drug-likeness (QED) is 0.651. The second-order valence-corrected chi connectivity index (χ2v) is 3.39. The highest BCUT2D eigenvalue weighted by Crippen LogP contribution is 2.27. The Labute approximate surface area is 85.1 Å². The van der Waals surface area contributed by atoms with E-state index in [4.69, 9.17) is 47.0 Å². The molecular formula is C7H3Cl3S. The Balaban J connectivity index is 3.36. The Morgan fingerprint density at radius 1 is 1.09 bits per heavy atom. The molecule has 0 N–H and O–H groups in total. The van der Waals surface area contributed by atoms with Crippen LogP contribution >= 0.6 is 47.0 Å². The van der Waals surface area contributed by atoms with Gasteiger partial charge in [0.25, 0.3) is 0 Å². The molecule has 1 aromatic rings. The largest absolute Gasteiger partial charge is 0.0880 e. The molecule has 1 rings (SSSR count). The van der Waals surface area contributed by atoms with Crippen molar-refractivity contribution in [1.82, 2.24) is 0 Å². The smallest absolute Gasteiger partial charge is 0.0516 e. The minimum absolute atomic E-state index is 0.484. The van der Waals surface area contributed by atoms with Gasteiger partial charge in [-0.25, -0.2) is 0 Å². The summed E-state index contributed by atoms with van der Waals surface area (Å²) in [5.74, 6) is 0. The van der Waals surface area contributed by atoms with Gasteiger partial charge in [0.05, 0.1) is 10.0 Å². The zero-order chi connectivity index (χ0) is 8.43. The molecule has 0 atom stereocenters. The van der Waals surface area contributed by atoms with Crippen molar-refractivity contribution in [3.8, 4) is 0 Å². The maximum atomic E-state index is 5.77. The van der Waals surface area contributed by atoms with Crippen LogP contribution < -0.4 is 0 Å². The third-order valence-electron chi connectivity index (χ3n) is 1.16. The molecule has 0 radical (unpaired) electrons. The summed E-state index contributed by atoms with van der Waals surface area (Å²) in [5.41, 5.74) is 0.646. The van der Waals surface area contributed by atoms with Crippen LogP contribution in [-0.2, 0) is 0 Å². The van der Waals surface area contributed by atoms with Gasteiger partial charge in [0.15, 0.2) is 0 Å². The standard InChI is InChI=1S/C7H3Cl3S/c8-4-1-6(9)5(3-11)7(10)2-4/h1-3H. The van der Waals surface area contributed by atoms with Gasteiger partial charge in [0.1, 0.15) is 0 Å². The van der Waals surface area contributed by atoms with Crippen LogP contribution in [-0.4, -0.2) is 5.37 Å². The predicted molar refractivity (Wildman–Crippen MR) is 54.2 cm³/mol. The summed E-state index contributed by atoms with van der Waals surface area (Å²) in [7, 11) is 0. The molecule has 11 heavy (non-hydrogen) atoms. The monoisotopic (exact) mass is 224 g/mol. The first kappa shape index (κ1) is 9.27. The van der Waals surface area contributed by atoms with Gasteiger partial charge >= 0.3 is 0 Å². The van der Waals surface area contributed by atoms with Gasteiger partial charge in [-0.2, -0.15) is 0 Å². The Bertz CT molecular complexity index is 273. The topological polar surface area (TPSA) is 0 Å². The van der Waals surface area contributed by atoms with Gasteiger partial charge in [0, 0.05) is 16.0 Å².